The highest BCUT2D eigenvalue weighted by atomic mass is 32.2. The molecule has 0 saturated carbocycles. The summed E-state index contributed by atoms with van der Waals surface area (Å²) in [5.74, 6) is -1.42. The lowest BCUT2D eigenvalue weighted by Gasteiger charge is -2.11. The lowest BCUT2D eigenvalue weighted by Crippen LogP contribution is -2.14. The number of phenols is 2. The van der Waals surface area contributed by atoms with Crippen molar-refractivity contribution in [2.75, 3.05) is 27.3 Å². The number of carbonyl (C=O) groups excluding carboxylic acids is 1. The average Bonchev–Trinajstić information content (AvgIpc) is 2.50. The van der Waals surface area contributed by atoms with Gasteiger partial charge in [-0.25, -0.2) is 16.8 Å². The molecule has 2 rings (SSSR count). The largest absolute Gasteiger partial charge is 0.506 e. The van der Waals surface area contributed by atoms with Crippen molar-refractivity contribution in [2.24, 2.45) is 0 Å². The molecule has 2 aromatic carbocycles. The van der Waals surface area contributed by atoms with Crippen molar-refractivity contribution in [1.29, 1.82) is 0 Å². The number of amides is 1. The van der Waals surface area contributed by atoms with E-state index >= 15 is 0 Å². The molecule has 0 aliphatic rings. The van der Waals surface area contributed by atoms with Gasteiger partial charge in [0.15, 0.2) is 0 Å². The summed E-state index contributed by atoms with van der Waals surface area (Å²) in [5.41, 5.74) is 0.00296. The standard InChI is InChI=1S/C15H17N3O7S2/c1-26(22,23)17-11-5-3-9(7-14(11)20)15(21)16-10-4-6-13(19)12(8-10)18-27(2,24)25/h3-8,17-20H,1-2H3,(H,16,21). The number of carbonyl (C=O) groups is 1. The van der Waals surface area contributed by atoms with E-state index in [4.69, 9.17) is 0 Å². The van der Waals surface area contributed by atoms with E-state index < -0.39 is 31.7 Å². The van der Waals surface area contributed by atoms with Crippen LogP contribution in [0, 0.1) is 0 Å². The van der Waals surface area contributed by atoms with E-state index in [1.54, 1.807) is 0 Å². The van der Waals surface area contributed by atoms with Crippen LogP contribution >= 0.6 is 0 Å². The van der Waals surface area contributed by atoms with Gasteiger partial charge in [-0.2, -0.15) is 0 Å². The zero-order valence-corrected chi connectivity index (χ0v) is 15.8. The number of aromatic hydroxyl groups is 2. The zero-order chi connectivity index (χ0) is 20.4. The molecule has 0 heterocycles. The fraction of sp³-hybridized carbons (Fsp3) is 0.133. The van der Waals surface area contributed by atoms with Crippen molar-refractivity contribution in [3.8, 4) is 11.5 Å². The number of benzene rings is 2. The third-order valence-corrected chi connectivity index (χ3v) is 4.29. The van der Waals surface area contributed by atoms with Crippen LogP contribution < -0.4 is 14.8 Å². The Morgan fingerprint density at radius 1 is 0.815 bits per heavy atom. The van der Waals surface area contributed by atoms with E-state index in [9.17, 15) is 31.8 Å². The minimum atomic E-state index is -3.63. The molecular weight excluding hydrogens is 398 g/mol. The van der Waals surface area contributed by atoms with Gasteiger partial charge in [0.1, 0.15) is 11.5 Å². The Hall–Kier alpha value is -2.99. The Morgan fingerprint density at radius 3 is 1.96 bits per heavy atom. The maximum absolute atomic E-state index is 12.3. The van der Waals surface area contributed by atoms with Gasteiger partial charge in [0.25, 0.3) is 5.91 Å². The molecule has 0 spiro atoms. The third kappa shape index (κ3) is 6.04. The molecule has 0 fully saturated rings. The summed E-state index contributed by atoms with van der Waals surface area (Å²) in [6.45, 7) is 0. The van der Waals surface area contributed by atoms with Gasteiger partial charge in [-0.15, -0.1) is 0 Å². The molecule has 0 unspecified atom stereocenters. The Morgan fingerprint density at radius 2 is 1.41 bits per heavy atom. The van der Waals surface area contributed by atoms with Crippen LogP contribution in [0.2, 0.25) is 0 Å². The smallest absolute Gasteiger partial charge is 0.255 e. The molecule has 27 heavy (non-hydrogen) atoms. The summed E-state index contributed by atoms with van der Waals surface area (Å²) in [6, 6.07) is 7.34. The van der Waals surface area contributed by atoms with E-state index in [0.717, 1.165) is 18.6 Å². The first kappa shape index (κ1) is 20.3. The van der Waals surface area contributed by atoms with Gasteiger partial charge < -0.3 is 15.5 Å². The monoisotopic (exact) mass is 415 g/mol. The minimum Gasteiger partial charge on any atom is -0.506 e. The summed E-state index contributed by atoms with van der Waals surface area (Å²) in [5, 5.41) is 22.0. The summed E-state index contributed by atoms with van der Waals surface area (Å²) < 4.78 is 49.2. The number of phenolic OH excluding ortho intramolecular Hbond substituents is 2. The van der Waals surface area contributed by atoms with Crippen molar-refractivity contribution < 1.29 is 31.8 Å². The molecule has 146 valence electrons. The first-order valence-electron chi connectivity index (χ1n) is 7.27. The molecule has 5 N–H and O–H groups in total. The highest BCUT2D eigenvalue weighted by molar-refractivity contribution is 7.92. The molecule has 0 atom stereocenters. The van der Waals surface area contributed by atoms with Crippen LogP contribution in [-0.4, -0.2) is 45.5 Å². The van der Waals surface area contributed by atoms with Crippen LogP contribution in [0.25, 0.3) is 0 Å². The molecule has 2 aromatic rings. The topological polar surface area (TPSA) is 162 Å². The van der Waals surface area contributed by atoms with E-state index in [-0.39, 0.29) is 28.4 Å². The highest BCUT2D eigenvalue weighted by Crippen LogP contribution is 2.29. The maximum atomic E-state index is 12.3. The fourth-order valence-electron chi connectivity index (χ4n) is 2.06. The van der Waals surface area contributed by atoms with Crippen molar-refractivity contribution in [3.63, 3.8) is 0 Å². The predicted octanol–water partition coefficient (Wildman–Crippen LogP) is 1.09. The molecule has 12 heteroatoms. The van der Waals surface area contributed by atoms with Gasteiger partial charge in [0, 0.05) is 11.3 Å². The predicted molar refractivity (Wildman–Crippen MR) is 101 cm³/mol. The first-order chi connectivity index (χ1) is 12.3. The third-order valence-electron chi connectivity index (χ3n) is 3.11. The average molecular weight is 415 g/mol. The number of anilines is 3. The number of nitrogens with one attached hydrogen (secondary N) is 3. The summed E-state index contributed by atoms with van der Waals surface area (Å²) in [6.07, 6.45) is 1.83. The van der Waals surface area contributed by atoms with Crippen LogP contribution in [0.15, 0.2) is 36.4 Å². The highest BCUT2D eigenvalue weighted by Gasteiger charge is 2.13. The number of sulfonamides is 2. The molecular formula is C15H17N3O7S2. The van der Waals surface area contributed by atoms with Crippen molar-refractivity contribution in [2.45, 2.75) is 0 Å². The minimum absolute atomic E-state index is 0.0252. The van der Waals surface area contributed by atoms with Crippen LogP contribution in [0.4, 0.5) is 17.1 Å². The first-order valence-corrected chi connectivity index (χ1v) is 11.1. The van der Waals surface area contributed by atoms with Crippen LogP contribution in [0.1, 0.15) is 10.4 Å². The normalized spacial score (nSPS) is 11.6. The lowest BCUT2D eigenvalue weighted by molar-refractivity contribution is 0.102. The Kier molecular flexibility index (Phi) is 5.51. The van der Waals surface area contributed by atoms with Gasteiger partial charge in [-0.3, -0.25) is 14.2 Å². The van der Waals surface area contributed by atoms with Crippen LogP contribution in [-0.2, 0) is 20.0 Å². The number of hydrogen-bond donors (Lipinski definition) is 5. The molecule has 0 aromatic heterocycles. The van der Waals surface area contributed by atoms with Crippen molar-refractivity contribution in [3.05, 3.63) is 42.0 Å². The van der Waals surface area contributed by atoms with Gasteiger partial charge in [0.05, 0.1) is 23.9 Å². The summed E-state index contributed by atoms with van der Waals surface area (Å²) >= 11 is 0. The Balaban J connectivity index is 2.22. The molecule has 0 aliphatic heterocycles. The molecule has 0 saturated heterocycles. The van der Waals surface area contributed by atoms with Crippen LogP contribution in [0.3, 0.4) is 0 Å². The van der Waals surface area contributed by atoms with E-state index in [0.29, 0.717) is 0 Å². The molecule has 0 bridgehead atoms. The quantitative estimate of drug-likeness (QED) is 0.348. The van der Waals surface area contributed by atoms with Crippen molar-refractivity contribution in [1.82, 2.24) is 0 Å². The molecule has 10 nitrogen and oxygen atoms in total. The zero-order valence-electron chi connectivity index (χ0n) is 14.2. The molecule has 0 aliphatic carbocycles. The molecule has 0 radical (unpaired) electrons. The van der Waals surface area contributed by atoms with Crippen LogP contribution in [0.5, 0.6) is 11.5 Å². The van der Waals surface area contributed by atoms with Gasteiger partial charge in [0.2, 0.25) is 20.0 Å². The van der Waals surface area contributed by atoms with E-state index in [2.05, 4.69) is 14.8 Å². The number of rotatable bonds is 6. The van der Waals surface area contributed by atoms with Gasteiger partial charge in [-0.1, -0.05) is 0 Å². The lowest BCUT2D eigenvalue weighted by atomic mass is 10.1. The fourth-order valence-corrected chi connectivity index (χ4v) is 3.19. The SMILES string of the molecule is CS(=O)(=O)Nc1ccc(C(=O)Nc2ccc(O)c(NS(C)(=O)=O)c2)cc1O. The van der Waals surface area contributed by atoms with Gasteiger partial charge >= 0.3 is 0 Å². The maximum Gasteiger partial charge on any atom is 0.255 e. The van der Waals surface area contributed by atoms with Gasteiger partial charge in [-0.05, 0) is 36.4 Å². The summed E-state index contributed by atoms with van der Waals surface area (Å²) in [4.78, 5) is 12.3. The Labute approximate surface area is 156 Å². The second-order valence-electron chi connectivity index (χ2n) is 5.67. The van der Waals surface area contributed by atoms with Crippen molar-refractivity contribution >= 4 is 43.0 Å². The Bertz CT molecular complexity index is 1100. The summed E-state index contributed by atoms with van der Waals surface area (Å²) in [7, 11) is -7.23. The second-order valence-corrected chi connectivity index (χ2v) is 9.16. The molecule has 1 amide bonds. The van der Waals surface area contributed by atoms with E-state index in [1.165, 1.54) is 30.3 Å². The number of hydrogen-bond acceptors (Lipinski definition) is 7. The second kappa shape index (κ2) is 7.32. The van der Waals surface area contributed by atoms with E-state index in [1.807, 2.05) is 0 Å².